The number of rotatable bonds is 3. The lowest BCUT2D eigenvalue weighted by Crippen LogP contribution is -2.19. The lowest BCUT2D eigenvalue weighted by Gasteiger charge is -2.18. The quantitative estimate of drug-likeness (QED) is 0.802. The monoisotopic (exact) mass is 280 g/mol. The number of pyridine rings is 1. The molecule has 0 amide bonds. The van der Waals surface area contributed by atoms with Gasteiger partial charge in [0.15, 0.2) is 0 Å². The molecule has 0 radical (unpaired) electrons. The molecule has 0 bridgehead atoms. The lowest BCUT2D eigenvalue weighted by molar-refractivity contribution is 0.679. The molecule has 1 aromatic carbocycles. The van der Waals surface area contributed by atoms with Gasteiger partial charge in [0.05, 0.1) is 17.3 Å². The fraction of sp³-hybridized carbons (Fsp3) is 0.294. The lowest BCUT2D eigenvalue weighted by atomic mass is 9.96. The van der Waals surface area contributed by atoms with Gasteiger partial charge in [-0.3, -0.25) is 9.67 Å². The molecule has 21 heavy (non-hydrogen) atoms. The minimum absolute atomic E-state index is 0.142. The van der Waals surface area contributed by atoms with Gasteiger partial charge in [-0.15, -0.1) is 0 Å². The highest BCUT2D eigenvalue weighted by atomic mass is 15.3. The third-order valence-electron chi connectivity index (χ3n) is 4.10. The summed E-state index contributed by atoms with van der Waals surface area (Å²) in [6, 6.07) is 10.6. The summed E-state index contributed by atoms with van der Waals surface area (Å²) >= 11 is 0. The second-order valence-corrected chi connectivity index (χ2v) is 5.39. The van der Waals surface area contributed by atoms with Crippen LogP contribution in [0.1, 0.15) is 28.6 Å². The van der Waals surface area contributed by atoms with Gasteiger partial charge >= 0.3 is 0 Å². The molecule has 1 N–H and O–H groups in total. The average molecular weight is 280 g/mol. The smallest absolute Gasteiger partial charge is 0.0702 e. The first kappa shape index (κ1) is 13.8. The van der Waals surface area contributed by atoms with Crippen molar-refractivity contribution in [2.24, 2.45) is 7.05 Å². The van der Waals surface area contributed by atoms with Crippen molar-refractivity contribution in [1.29, 1.82) is 0 Å². The average Bonchev–Trinajstić information content (AvgIpc) is 2.74. The third-order valence-corrected chi connectivity index (χ3v) is 4.10. The molecule has 108 valence electrons. The van der Waals surface area contributed by atoms with Crippen molar-refractivity contribution < 1.29 is 0 Å². The maximum absolute atomic E-state index is 4.53. The zero-order valence-electron chi connectivity index (χ0n) is 12.9. The Kier molecular flexibility index (Phi) is 3.47. The third kappa shape index (κ3) is 2.32. The molecule has 2 aromatic heterocycles. The minimum atomic E-state index is 0.142. The van der Waals surface area contributed by atoms with Gasteiger partial charge in [0.1, 0.15) is 0 Å². The number of hydrogen-bond acceptors (Lipinski definition) is 3. The van der Waals surface area contributed by atoms with E-state index in [-0.39, 0.29) is 6.04 Å². The minimum Gasteiger partial charge on any atom is -0.309 e. The second-order valence-electron chi connectivity index (χ2n) is 5.39. The fourth-order valence-corrected chi connectivity index (χ4v) is 2.96. The number of aryl methyl sites for hydroxylation is 2. The Hall–Kier alpha value is -2.20. The van der Waals surface area contributed by atoms with Crippen LogP contribution < -0.4 is 5.32 Å². The number of benzene rings is 1. The van der Waals surface area contributed by atoms with Crippen LogP contribution in [0.3, 0.4) is 0 Å². The molecule has 4 heteroatoms. The molecule has 0 aliphatic rings. The summed E-state index contributed by atoms with van der Waals surface area (Å²) in [5, 5.41) is 9.11. The Morgan fingerprint density at radius 1 is 1.19 bits per heavy atom. The molecule has 0 fully saturated rings. The van der Waals surface area contributed by atoms with E-state index in [1.165, 1.54) is 16.8 Å². The molecule has 0 aliphatic heterocycles. The standard InChI is InChI=1S/C17H20N4/c1-11-16(12(2)21(4)20-11)17(18-3)14-7-8-15-13(10-14)6-5-9-19-15/h5-10,17-18H,1-4H3. The Morgan fingerprint density at radius 2 is 2.00 bits per heavy atom. The zero-order valence-corrected chi connectivity index (χ0v) is 12.9. The molecule has 0 saturated heterocycles. The Morgan fingerprint density at radius 3 is 2.67 bits per heavy atom. The number of aromatic nitrogens is 3. The molecule has 0 spiro atoms. The predicted molar refractivity (Wildman–Crippen MR) is 85.3 cm³/mol. The Balaban J connectivity index is 2.13. The van der Waals surface area contributed by atoms with Crippen molar-refractivity contribution in [3.63, 3.8) is 0 Å². The first-order chi connectivity index (χ1) is 10.1. The molecular weight excluding hydrogens is 260 g/mol. The zero-order chi connectivity index (χ0) is 15.0. The largest absolute Gasteiger partial charge is 0.309 e. The molecule has 2 heterocycles. The van der Waals surface area contributed by atoms with E-state index >= 15 is 0 Å². The van der Waals surface area contributed by atoms with Crippen molar-refractivity contribution in [2.75, 3.05) is 7.05 Å². The van der Waals surface area contributed by atoms with Gasteiger partial charge in [-0.1, -0.05) is 12.1 Å². The summed E-state index contributed by atoms with van der Waals surface area (Å²) in [5.74, 6) is 0. The van der Waals surface area contributed by atoms with Gasteiger partial charge in [0, 0.05) is 29.9 Å². The molecular formula is C17H20N4. The highest BCUT2D eigenvalue weighted by Gasteiger charge is 2.20. The van der Waals surface area contributed by atoms with Crippen LogP contribution in [0.4, 0.5) is 0 Å². The van der Waals surface area contributed by atoms with E-state index < -0.39 is 0 Å². The molecule has 4 nitrogen and oxygen atoms in total. The topological polar surface area (TPSA) is 42.7 Å². The van der Waals surface area contributed by atoms with Gasteiger partial charge in [-0.2, -0.15) is 5.10 Å². The van der Waals surface area contributed by atoms with Crippen molar-refractivity contribution in [2.45, 2.75) is 19.9 Å². The summed E-state index contributed by atoms with van der Waals surface area (Å²) in [6.45, 7) is 4.18. The van der Waals surface area contributed by atoms with E-state index in [1.54, 1.807) is 0 Å². The van der Waals surface area contributed by atoms with Crippen molar-refractivity contribution in [1.82, 2.24) is 20.1 Å². The van der Waals surface area contributed by atoms with E-state index in [0.29, 0.717) is 0 Å². The number of nitrogens with one attached hydrogen (secondary N) is 1. The van der Waals surface area contributed by atoms with Crippen LogP contribution in [0.5, 0.6) is 0 Å². The maximum Gasteiger partial charge on any atom is 0.0702 e. The highest BCUT2D eigenvalue weighted by molar-refractivity contribution is 5.79. The van der Waals surface area contributed by atoms with Crippen molar-refractivity contribution in [3.05, 3.63) is 59.0 Å². The van der Waals surface area contributed by atoms with Gasteiger partial charge in [-0.25, -0.2) is 0 Å². The summed E-state index contributed by atoms with van der Waals surface area (Å²) in [6.07, 6.45) is 1.83. The van der Waals surface area contributed by atoms with E-state index in [0.717, 1.165) is 16.6 Å². The number of hydrogen-bond donors (Lipinski definition) is 1. The van der Waals surface area contributed by atoms with E-state index in [2.05, 4.69) is 53.5 Å². The van der Waals surface area contributed by atoms with E-state index in [4.69, 9.17) is 0 Å². The highest BCUT2D eigenvalue weighted by Crippen LogP contribution is 2.28. The van der Waals surface area contributed by atoms with Crippen molar-refractivity contribution >= 4 is 10.9 Å². The van der Waals surface area contributed by atoms with Crippen LogP contribution in [-0.2, 0) is 7.05 Å². The first-order valence-electron chi connectivity index (χ1n) is 7.14. The predicted octanol–water partition coefficient (Wildman–Crippen LogP) is 2.89. The normalized spacial score (nSPS) is 12.8. The number of fused-ring (bicyclic) bond motifs is 1. The van der Waals surface area contributed by atoms with Crippen LogP contribution in [0.2, 0.25) is 0 Å². The SMILES string of the molecule is CNC(c1ccc2ncccc2c1)c1c(C)nn(C)c1C. The van der Waals surface area contributed by atoms with Gasteiger partial charge in [0.25, 0.3) is 0 Å². The molecule has 3 rings (SSSR count). The Bertz CT molecular complexity index is 789. The van der Waals surface area contributed by atoms with Crippen LogP contribution in [0.15, 0.2) is 36.5 Å². The van der Waals surface area contributed by atoms with Crippen LogP contribution in [0.25, 0.3) is 10.9 Å². The van der Waals surface area contributed by atoms with E-state index in [1.807, 2.05) is 31.0 Å². The molecule has 3 aromatic rings. The summed E-state index contributed by atoms with van der Waals surface area (Å²) in [7, 11) is 3.98. The molecule has 0 aliphatic carbocycles. The summed E-state index contributed by atoms with van der Waals surface area (Å²) < 4.78 is 1.94. The first-order valence-corrected chi connectivity index (χ1v) is 7.14. The maximum atomic E-state index is 4.53. The van der Waals surface area contributed by atoms with Gasteiger partial charge < -0.3 is 5.32 Å². The van der Waals surface area contributed by atoms with Crippen LogP contribution >= 0.6 is 0 Å². The van der Waals surface area contributed by atoms with Crippen LogP contribution in [-0.4, -0.2) is 21.8 Å². The molecule has 1 unspecified atom stereocenters. The summed E-state index contributed by atoms with van der Waals surface area (Å²) in [5.41, 5.74) is 5.77. The van der Waals surface area contributed by atoms with Gasteiger partial charge in [-0.05, 0) is 44.7 Å². The molecule has 1 atom stereocenters. The second kappa shape index (κ2) is 5.30. The summed E-state index contributed by atoms with van der Waals surface area (Å²) in [4.78, 5) is 4.38. The van der Waals surface area contributed by atoms with E-state index in [9.17, 15) is 0 Å². The molecule has 0 saturated carbocycles. The Labute approximate surface area is 124 Å². The van der Waals surface area contributed by atoms with Crippen molar-refractivity contribution in [3.8, 4) is 0 Å². The fourth-order valence-electron chi connectivity index (χ4n) is 2.96. The van der Waals surface area contributed by atoms with Crippen LogP contribution in [0, 0.1) is 13.8 Å². The number of nitrogens with zero attached hydrogens (tertiary/aromatic N) is 3. The van der Waals surface area contributed by atoms with Gasteiger partial charge in [0.2, 0.25) is 0 Å².